The van der Waals surface area contributed by atoms with Crippen molar-refractivity contribution >= 4 is 23.4 Å². The summed E-state index contributed by atoms with van der Waals surface area (Å²) < 4.78 is 0. The van der Waals surface area contributed by atoms with Crippen LogP contribution < -0.4 is 11.1 Å². The fourth-order valence-corrected chi connectivity index (χ4v) is 1.93. The Morgan fingerprint density at radius 2 is 2.19 bits per heavy atom. The van der Waals surface area contributed by atoms with Gasteiger partial charge in [0.25, 0.3) is 0 Å². The van der Waals surface area contributed by atoms with Gasteiger partial charge in [-0.1, -0.05) is 32.0 Å². The van der Waals surface area contributed by atoms with Crippen molar-refractivity contribution in [3.63, 3.8) is 0 Å². The summed E-state index contributed by atoms with van der Waals surface area (Å²) in [7, 11) is 0. The zero-order valence-corrected chi connectivity index (χ0v) is 11.0. The second-order valence-electron chi connectivity index (χ2n) is 3.70. The van der Waals surface area contributed by atoms with Crippen molar-refractivity contribution in [3.05, 3.63) is 6.07 Å². The summed E-state index contributed by atoms with van der Waals surface area (Å²) in [6, 6.07) is 2.26. The minimum absolute atomic E-state index is 0.467. The molecule has 0 fully saturated rings. The highest BCUT2D eigenvalue weighted by Gasteiger charge is 2.07. The van der Waals surface area contributed by atoms with E-state index in [9.17, 15) is 0 Å². The van der Waals surface area contributed by atoms with E-state index in [-0.39, 0.29) is 0 Å². The first-order valence-corrected chi connectivity index (χ1v) is 6.87. The van der Waals surface area contributed by atoms with Crippen molar-refractivity contribution in [2.45, 2.75) is 44.3 Å². The lowest BCUT2D eigenvalue weighted by Gasteiger charge is -2.17. The molecule has 0 amide bonds. The van der Waals surface area contributed by atoms with Crippen molar-refractivity contribution in [2.24, 2.45) is 0 Å². The van der Waals surface area contributed by atoms with E-state index in [1.54, 1.807) is 6.07 Å². The Kier molecular flexibility index (Phi) is 5.38. The molecule has 3 N–H and O–H groups in total. The van der Waals surface area contributed by atoms with Gasteiger partial charge in [-0.05, 0) is 19.1 Å². The number of thioether (sulfide) groups is 1. The quantitative estimate of drug-likeness (QED) is 0.591. The second-order valence-corrected chi connectivity index (χ2v) is 4.48. The highest BCUT2D eigenvalue weighted by molar-refractivity contribution is 7.98. The van der Waals surface area contributed by atoms with Gasteiger partial charge in [0, 0.05) is 12.1 Å². The number of aromatic nitrogens is 2. The van der Waals surface area contributed by atoms with Crippen LogP contribution >= 0.6 is 11.8 Å². The van der Waals surface area contributed by atoms with Crippen molar-refractivity contribution < 1.29 is 0 Å². The Labute approximate surface area is 101 Å². The van der Waals surface area contributed by atoms with E-state index < -0.39 is 0 Å². The van der Waals surface area contributed by atoms with Gasteiger partial charge in [0.05, 0.1) is 0 Å². The number of nitrogens with one attached hydrogen (secondary N) is 1. The smallest absolute Gasteiger partial charge is 0.191 e. The summed E-state index contributed by atoms with van der Waals surface area (Å²) in [5.41, 5.74) is 5.72. The van der Waals surface area contributed by atoms with Crippen molar-refractivity contribution in [1.82, 2.24) is 9.97 Å². The third-order valence-electron chi connectivity index (χ3n) is 2.39. The molecule has 16 heavy (non-hydrogen) atoms. The maximum absolute atomic E-state index is 5.72. The average molecular weight is 240 g/mol. The molecule has 0 spiro atoms. The highest BCUT2D eigenvalue weighted by atomic mass is 32.2. The van der Waals surface area contributed by atoms with Crippen LogP contribution in [0.1, 0.15) is 33.1 Å². The van der Waals surface area contributed by atoms with E-state index in [4.69, 9.17) is 5.73 Å². The summed E-state index contributed by atoms with van der Waals surface area (Å²) in [5, 5.41) is 4.12. The average Bonchev–Trinajstić information content (AvgIpc) is 2.27. The van der Waals surface area contributed by atoms with Crippen LogP contribution in [-0.2, 0) is 0 Å². The molecule has 0 saturated heterocycles. The number of nitrogens with zero attached hydrogens (tertiary/aromatic N) is 2. The van der Waals surface area contributed by atoms with Crippen LogP contribution in [-0.4, -0.2) is 22.3 Å². The Bertz CT molecular complexity index is 330. The Balaban J connectivity index is 2.74. The lowest BCUT2D eigenvalue weighted by atomic mass is 10.1. The van der Waals surface area contributed by atoms with Gasteiger partial charge in [0.1, 0.15) is 11.6 Å². The zero-order valence-electron chi connectivity index (χ0n) is 10.2. The van der Waals surface area contributed by atoms with E-state index in [2.05, 4.69) is 29.1 Å². The van der Waals surface area contributed by atoms with E-state index in [0.29, 0.717) is 17.0 Å². The monoisotopic (exact) mass is 240 g/mol. The van der Waals surface area contributed by atoms with Crippen molar-refractivity contribution in [3.8, 4) is 0 Å². The van der Waals surface area contributed by atoms with Crippen LogP contribution in [0.4, 0.5) is 11.6 Å². The Morgan fingerprint density at radius 1 is 1.44 bits per heavy atom. The summed E-state index contributed by atoms with van der Waals surface area (Å²) in [6.07, 6.45) is 5.35. The fraction of sp³-hybridized carbons (Fsp3) is 0.636. The van der Waals surface area contributed by atoms with Crippen LogP contribution in [0.5, 0.6) is 0 Å². The topological polar surface area (TPSA) is 63.8 Å². The lowest BCUT2D eigenvalue weighted by molar-refractivity contribution is 0.619. The molecular formula is C11H20N4S. The first-order valence-electron chi connectivity index (χ1n) is 5.64. The number of rotatable bonds is 6. The zero-order chi connectivity index (χ0) is 12.0. The molecule has 1 atom stereocenters. The molecule has 0 radical (unpaired) electrons. The third kappa shape index (κ3) is 3.89. The number of hydrogen-bond donors (Lipinski definition) is 2. The molecule has 1 aromatic heterocycles. The molecule has 0 aliphatic rings. The standard InChI is InChI=1S/C11H20N4S/c1-4-6-8(5-2)13-10-7-9(12)14-11(15-10)16-3/h7-8H,4-6H2,1-3H3,(H3,12,13,14,15). The molecule has 1 rings (SSSR count). The van der Waals surface area contributed by atoms with E-state index in [0.717, 1.165) is 18.7 Å². The van der Waals surface area contributed by atoms with E-state index >= 15 is 0 Å². The van der Waals surface area contributed by atoms with E-state index in [1.165, 1.54) is 18.2 Å². The maximum Gasteiger partial charge on any atom is 0.191 e. The fourth-order valence-electron chi connectivity index (χ4n) is 1.54. The van der Waals surface area contributed by atoms with Gasteiger partial charge < -0.3 is 11.1 Å². The SMILES string of the molecule is CCCC(CC)Nc1cc(N)nc(SC)n1. The van der Waals surface area contributed by atoms with Gasteiger partial charge in [0.2, 0.25) is 0 Å². The van der Waals surface area contributed by atoms with Crippen molar-refractivity contribution in [2.75, 3.05) is 17.3 Å². The highest BCUT2D eigenvalue weighted by Crippen LogP contribution is 2.17. The first kappa shape index (κ1) is 13.1. The largest absolute Gasteiger partial charge is 0.383 e. The van der Waals surface area contributed by atoms with Gasteiger partial charge >= 0.3 is 0 Å². The predicted molar refractivity (Wildman–Crippen MR) is 70.8 cm³/mol. The molecular weight excluding hydrogens is 220 g/mol. The number of hydrogen-bond acceptors (Lipinski definition) is 5. The van der Waals surface area contributed by atoms with Gasteiger partial charge in [-0.15, -0.1) is 0 Å². The second kappa shape index (κ2) is 6.58. The minimum atomic E-state index is 0.467. The normalized spacial score (nSPS) is 12.4. The molecule has 4 nitrogen and oxygen atoms in total. The number of nitrogens with two attached hydrogens (primary N) is 1. The summed E-state index contributed by atoms with van der Waals surface area (Å²) in [4.78, 5) is 8.50. The summed E-state index contributed by atoms with van der Waals surface area (Å²) in [5.74, 6) is 1.35. The molecule has 0 aromatic carbocycles. The van der Waals surface area contributed by atoms with Crippen LogP contribution in [0.3, 0.4) is 0 Å². The van der Waals surface area contributed by atoms with Crippen LogP contribution in [0.25, 0.3) is 0 Å². The Morgan fingerprint density at radius 3 is 2.75 bits per heavy atom. The molecule has 1 unspecified atom stereocenters. The molecule has 0 bridgehead atoms. The van der Waals surface area contributed by atoms with Crippen LogP contribution in [0.2, 0.25) is 0 Å². The summed E-state index contributed by atoms with van der Waals surface area (Å²) in [6.45, 7) is 4.36. The molecule has 0 aliphatic carbocycles. The molecule has 90 valence electrons. The van der Waals surface area contributed by atoms with Gasteiger partial charge in [-0.2, -0.15) is 0 Å². The lowest BCUT2D eigenvalue weighted by Crippen LogP contribution is -2.19. The molecule has 0 saturated carbocycles. The third-order valence-corrected chi connectivity index (χ3v) is 2.94. The van der Waals surface area contributed by atoms with Crippen LogP contribution in [0, 0.1) is 0 Å². The minimum Gasteiger partial charge on any atom is -0.383 e. The molecule has 5 heteroatoms. The first-order chi connectivity index (χ1) is 7.69. The molecule has 1 heterocycles. The Hall–Kier alpha value is -0.970. The van der Waals surface area contributed by atoms with Gasteiger partial charge in [-0.25, -0.2) is 9.97 Å². The van der Waals surface area contributed by atoms with Crippen LogP contribution in [0.15, 0.2) is 11.2 Å². The van der Waals surface area contributed by atoms with Gasteiger partial charge in [0.15, 0.2) is 5.16 Å². The van der Waals surface area contributed by atoms with Gasteiger partial charge in [-0.3, -0.25) is 0 Å². The maximum atomic E-state index is 5.72. The molecule has 1 aromatic rings. The van der Waals surface area contributed by atoms with Crippen molar-refractivity contribution in [1.29, 1.82) is 0 Å². The predicted octanol–water partition coefficient (Wildman–Crippen LogP) is 2.77. The molecule has 0 aliphatic heterocycles. The van der Waals surface area contributed by atoms with E-state index in [1.807, 2.05) is 6.26 Å². The number of anilines is 2. The number of nitrogen functional groups attached to an aromatic ring is 1. The summed E-state index contributed by atoms with van der Waals surface area (Å²) >= 11 is 1.50.